The Morgan fingerprint density at radius 2 is 2.15 bits per heavy atom. The van der Waals surface area contributed by atoms with Gasteiger partial charge in [-0.1, -0.05) is 0 Å². The normalized spacial score (nSPS) is 14.0. The van der Waals surface area contributed by atoms with Crippen molar-refractivity contribution in [2.45, 2.75) is 33.1 Å². The zero-order valence-electron chi connectivity index (χ0n) is 14.8. The van der Waals surface area contributed by atoms with Gasteiger partial charge < -0.3 is 4.90 Å². The van der Waals surface area contributed by atoms with Gasteiger partial charge in [-0.15, -0.1) is 0 Å². The Kier molecular flexibility index (Phi) is 5.03. The van der Waals surface area contributed by atoms with Crippen molar-refractivity contribution in [3.05, 3.63) is 46.8 Å². The van der Waals surface area contributed by atoms with E-state index in [-0.39, 0.29) is 11.8 Å². The highest BCUT2D eigenvalue weighted by molar-refractivity contribution is 5.94. The third-order valence-electron chi connectivity index (χ3n) is 4.66. The maximum absolute atomic E-state index is 13.6. The van der Waals surface area contributed by atoms with Gasteiger partial charge in [0.2, 0.25) is 0 Å². The van der Waals surface area contributed by atoms with Crippen molar-refractivity contribution in [3.8, 4) is 11.8 Å². The van der Waals surface area contributed by atoms with Crippen LogP contribution in [0, 0.1) is 28.9 Å². The summed E-state index contributed by atoms with van der Waals surface area (Å²) in [6.07, 6.45) is 2.35. The molecule has 1 aromatic carbocycles. The summed E-state index contributed by atoms with van der Waals surface area (Å²) in [7, 11) is 0. The standard InChI is InChI=1S/C19H20F2N4O/c1-3-24(11-12(2)10-22)19(26)18-14-5-4-6-17(14)25(23-18)13-7-8-15(20)16(21)9-13/h7-9,12H,3-6,11H2,1-2H3. The van der Waals surface area contributed by atoms with Crippen molar-refractivity contribution >= 4 is 5.91 Å². The molecule has 1 amide bonds. The van der Waals surface area contributed by atoms with E-state index in [1.54, 1.807) is 16.5 Å². The van der Waals surface area contributed by atoms with E-state index < -0.39 is 11.6 Å². The molecule has 1 heterocycles. The lowest BCUT2D eigenvalue weighted by atomic mass is 10.1. The molecule has 26 heavy (non-hydrogen) atoms. The van der Waals surface area contributed by atoms with Crippen LogP contribution < -0.4 is 0 Å². The minimum atomic E-state index is -0.948. The Hall–Kier alpha value is -2.75. The average molecular weight is 358 g/mol. The molecule has 0 spiro atoms. The van der Waals surface area contributed by atoms with Crippen molar-refractivity contribution in [1.29, 1.82) is 5.26 Å². The van der Waals surface area contributed by atoms with E-state index in [2.05, 4.69) is 11.2 Å². The van der Waals surface area contributed by atoms with Crippen LogP contribution in [-0.2, 0) is 12.8 Å². The molecule has 5 nitrogen and oxygen atoms in total. The molecule has 0 fully saturated rings. The highest BCUT2D eigenvalue weighted by Crippen LogP contribution is 2.29. The van der Waals surface area contributed by atoms with Gasteiger partial charge in [-0.05, 0) is 45.2 Å². The summed E-state index contributed by atoms with van der Waals surface area (Å²) in [4.78, 5) is 14.6. The van der Waals surface area contributed by atoms with Gasteiger partial charge in [-0.3, -0.25) is 4.79 Å². The van der Waals surface area contributed by atoms with Crippen LogP contribution in [0.15, 0.2) is 18.2 Å². The number of carbonyl (C=O) groups is 1. The molecule has 3 rings (SSSR count). The first-order valence-electron chi connectivity index (χ1n) is 8.71. The van der Waals surface area contributed by atoms with E-state index in [9.17, 15) is 13.6 Å². The molecule has 7 heteroatoms. The lowest BCUT2D eigenvalue weighted by Gasteiger charge is -2.21. The number of nitriles is 1. The maximum Gasteiger partial charge on any atom is 0.274 e. The van der Waals surface area contributed by atoms with Gasteiger partial charge in [-0.2, -0.15) is 10.4 Å². The summed E-state index contributed by atoms with van der Waals surface area (Å²) in [5, 5.41) is 13.4. The van der Waals surface area contributed by atoms with Gasteiger partial charge in [0.1, 0.15) is 0 Å². The fourth-order valence-corrected chi connectivity index (χ4v) is 3.32. The Bertz CT molecular complexity index is 884. The van der Waals surface area contributed by atoms with Crippen LogP contribution in [-0.4, -0.2) is 33.7 Å². The predicted octanol–water partition coefficient (Wildman–Crippen LogP) is 3.26. The zero-order valence-corrected chi connectivity index (χ0v) is 14.8. The Labute approximate surface area is 150 Å². The number of hydrogen-bond acceptors (Lipinski definition) is 3. The fraction of sp³-hybridized carbons (Fsp3) is 0.421. The van der Waals surface area contributed by atoms with E-state index >= 15 is 0 Å². The molecular formula is C19H20F2N4O. The molecule has 0 bridgehead atoms. The summed E-state index contributed by atoms with van der Waals surface area (Å²) < 4.78 is 28.4. The number of carbonyl (C=O) groups excluding carboxylic acids is 1. The molecule has 0 saturated carbocycles. The van der Waals surface area contributed by atoms with Crippen LogP contribution in [0.1, 0.15) is 42.0 Å². The van der Waals surface area contributed by atoms with Gasteiger partial charge in [0.15, 0.2) is 17.3 Å². The molecule has 0 N–H and O–H groups in total. The Balaban J connectivity index is 2.00. The first-order valence-corrected chi connectivity index (χ1v) is 8.71. The number of nitrogens with zero attached hydrogens (tertiary/aromatic N) is 4. The number of halogens is 2. The molecule has 0 saturated heterocycles. The summed E-state index contributed by atoms with van der Waals surface area (Å²) >= 11 is 0. The minimum absolute atomic E-state index is 0.228. The first kappa shape index (κ1) is 18.1. The minimum Gasteiger partial charge on any atom is -0.336 e. The first-order chi connectivity index (χ1) is 12.5. The zero-order chi connectivity index (χ0) is 18.8. The highest BCUT2D eigenvalue weighted by Gasteiger charge is 2.29. The Morgan fingerprint density at radius 3 is 2.81 bits per heavy atom. The molecule has 1 unspecified atom stereocenters. The van der Waals surface area contributed by atoms with Gasteiger partial charge in [0.05, 0.1) is 17.7 Å². The number of hydrogen-bond donors (Lipinski definition) is 0. The topological polar surface area (TPSA) is 61.9 Å². The van der Waals surface area contributed by atoms with Gasteiger partial charge in [-0.25, -0.2) is 13.5 Å². The fourth-order valence-electron chi connectivity index (χ4n) is 3.32. The van der Waals surface area contributed by atoms with E-state index in [1.807, 2.05) is 6.92 Å². The van der Waals surface area contributed by atoms with Crippen LogP contribution in [0.2, 0.25) is 0 Å². The highest BCUT2D eigenvalue weighted by atomic mass is 19.2. The van der Waals surface area contributed by atoms with E-state index in [4.69, 9.17) is 5.26 Å². The molecule has 0 radical (unpaired) electrons. The van der Waals surface area contributed by atoms with Crippen molar-refractivity contribution in [3.63, 3.8) is 0 Å². The van der Waals surface area contributed by atoms with Crippen molar-refractivity contribution in [2.24, 2.45) is 5.92 Å². The number of aromatic nitrogens is 2. The van der Waals surface area contributed by atoms with E-state index in [0.29, 0.717) is 24.5 Å². The average Bonchev–Trinajstić information content (AvgIpc) is 3.23. The second-order valence-corrected chi connectivity index (χ2v) is 6.51. The number of amides is 1. The van der Waals surface area contributed by atoms with E-state index in [0.717, 1.165) is 42.7 Å². The van der Waals surface area contributed by atoms with Crippen LogP contribution in [0.3, 0.4) is 0 Å². The lowest BCUT2D eigenvalue weighted by Crippen LogP contribution is -2.35. The predicted molar refractivity (Wildman–Crippen MR) is 91.9 cm³/mol. The largest absolute Gasteiger partial charge is 0.336 e. The number of fused-ring (bicyclic) bond motifs is 1. The van der Waals surface area contributed by atoms with Gasteiger partial charge >= 0.3 is 0 Å². The summed E-state index contributed by atoms with van der Waals surface area (Å²) in [5.74, 6) is -2.37. The summed E-state index contributed by atoms with van der Waals surface area (Å²) in [6, 6.07) is 5.73. The second-order valence-electron chi connectivity index (χ2n) is 6.51. The molecule has 1 aliphatic rings. The molecule has 2 aromatic rings. The Morgan fingerprint density at radius 1 is 1.38 bits per heavy atom. The number of rotatable bonds is 5. The van der Waals surface area contributed by atoms with Crippen LogP contribution in [0.25, 0.3) is 5.69 Å². The smallest absolute Gasteiger partial charge is 0.274 e. The van der Waals surface area contributed by atoms with E-state index in [1.165, 1.54) is 6.07 Å². The lowest BCUT2D eigenvalue weighted by molar-refractivity contribution is 0.0745. The van der Waals surface area contributed by atoms with Crippen molar-refractivity contribution in [1.82, 2.24) is 14.7 Å². The van der Waals surface area contributed by atoms with Crippen LogP contribution >= 0.6 is 0 Å². The third-order valence-corrected chi connectivity index (χ3v) is 4.66. The van der Waals surface area contributed by atoms with Crippen LogP contribution in [0.5, 0.6) is 0 Å². The maximum atomic E-state index is 13.6. The molecule has 136 valence electrons. The molecular weight excluding hydrogens is 338 g/mol. The monoisotopic (exact) mass is 358 g/mol. The van der Waals surface area contributed by atoms with Gasteiger partial charge in [0.25, 0.3) is 5.91 Å². The van der Waals surface area contributed by atoms with Gasteiger partial charge in [0, 0.05) is 30.4 Å². The molecule has 1 aliphatic carbocycles. The van der Waals surface area contributed by atoms with Crippen LogP contribution in [0.4, 0.5) is 8.78 Å². The molecule has 0 aliphatic heterocycles. The van der Waals surface area contributed by atoms with Crippen molar-refractivity contribution < 1.29 is 13.6 Å². The quantitative estimate of drug-likeness (QED) is 0.824. The molecule has 1 aromatic heterocycles. The third kappa shape index (κ3) is 3.19. The SMILES string of the molecule is CCN(CC(C)C#N)C(=O)c1nn(-c2ccc(F)c(F)c2)c2c1CCC2. The second kappa shape index (κ2) is 7.24. The number of benzene rings is 1. The van der Waals surface area contributed by atoms with Crippen molar-refractivity contribution in [2.75, 3.05) is 13.1 Å². The summed E-state index contributed by atoms with van der Waals surface area (Å²) in [6.45, 7) is 4.42. The summed E-state index contributed by atoms with van der Waals surface area (Å²) in [5.41, 5.74) is 2.47. The molecule has 1 atom stereocenters.